The lowest BCUT2D eigenvalue weighted by molar-refractivity contribution is -0.133. The first kappa shape index (κ1) is 17.6. The van der Waals surface area contributed by atoms with Gasteiger partial charge >= 0.3 is 0 Å². The second-order valence-electron chi connectivity index (χ2n) is 6.86. The summed E-state index contributed by atoms with van der Waals surface area (Å²) in [5, 5.41) is 0. The molecule has 0 bridgehead atoms. The summed E-state index contributed by atoms with van der Waals surface area (Å²) in [6.07, 6.45) is 4.60. The molecule has 2 aromatic heterocycles. The first-order valence-electron chi connectivity index (χ1n) is 9.20. The normalized spacial score (nSPS) is 15.4. The van der Waals surface area contributed by atoms with Crippen LogP contribution in [0.2, 0.25) is 0 Å². The van der Waals surface area contributed by atoms with Crippen molar-refractivity contribution in [3.05, 3.63) is 59.9 Å². The molecule has 1 fully saturated rings. The lowest BCUT2D eigenvalue weighted by Gasteiger charge is -2.34. The van der Waals surface area contributed by atoms with Gasteiger partial charge in [-0.1, -0.05) is 6.07 Å². The SMILES string of the molecule is O=C(CCc1nc2ccc(F)cc2[nH]1)N1CCN(Cc2cccnc2)CC1. The molecule has 4 rings (SSSR count). The smallest absolute Gasteiger partial charge is 0.223 e. The molecule has 0 saturated carbocycles. The van der Waals surface area contributed by atoms with Gasteiger partial charge in [-0.05, 0) is 29.8 Å². The Balaban J connectivity index is 1.26. The number of nitrogens with one attached hydrogen (secondary N) is 1. The van der Waals surface area contributed by atoms with Crippen molar-refractivity contribution in [2.45, 2.75) is 19.4 Å². The van der Waals surface area contributed by atoms with E-state index in [-0.39, 0.29) is 11.7 Å². The summed E-state index contributed by atoms with van der Waals surface area (Å²) in [6.45, 7) is 4.08. The number of piperazine rings is 1. The number of fused-ring (bicyclic) bond motifs is 1. The number of aromatic amines is 1. The maximum atomic E-state index is 13.3. The zero-order valence-electron chi connectivity index (χ0n) is 15.1. The van der Waals surface area contributed by atoms with Gasteiger partial charge in [0.25, 0.3) is 0 Å². The number of halogens is 1. The quantitative estimate of drug-likeness (QED) is 0.752. The van der Waals surface area contributed by atoms with Gasteiger partial charge in [0.05, 0.1) is 11.0 Å². The fourth-order valence-electron chi connectivity index (χ4n) is 3.44. The van der Waals surface area contributed by atoms with E-state index in [9.17, 15) is 9.18 Å². The van der Waals surface area contributed by atoms with Crippen LogP contribution in [0, 0.1) is 5.82 Å². The van der Waals surface area contributed by atoms with Gasteiger partial charge in [-0.3, -0.25) is 14.7 Å². The predicted octanol–water partition coefficient (Wildman–Crippen LogP) is 2.37. The summed E-state index contributed by atoms with van der Waals surface area (Å²) >= 11 is 0. The van der Waals surface area contributed by atoms with E-state index in [1.807, 2.05) is 17.2 Å². The first-order valence-corrected chi connectivity index (χ1v) is 9.20. The molecule has 3 heterocycles. The Labute approximate surface area is 157 Å². The Hall–Kier alpha value is -2.80. The number of carbonyl (C=O) groups is 1. The minimum absolute atomic E-state index is 0.141. The van der Waals surface area contributed by atoms with Gasteiger partial charge in [-0.15, -0.1) is 0 Å². The maximum Gasteiger partial charge on any atom is 0.223 e. The van der Waals surface area contributed by atoms with E-state index >= 15 is 0 Å². The van der Waals surface area contributed by atoms with Crippen LogP contribution in [0.3, 0.4) is 0 Å². The van der Waals surface area contributed by atoms with Crippen molar-refractivity contribution < 1.29 is 9.18 Å². The highest BCUT2D eigenvalue weighted by molar-refractivity contribution is 5.77. The molecule has 0 spiro atoms. The minimum Gasteiger partial charge on any atom is -0.342 e. The Morgan fingerprint density at radius 3 is 2.81 bits per heavy atom. The van der Waals surface area contributed by atoms with Crippen LogP contribution in [0.5, 0.6) is 0 Å². The molecule has 0 aliphatic carbocycles. The molecule has 3 aromatic rings. The van der Waals surface area contributed by atoms with Gasteiger partial charge in [0.2, 0.25) is 5.91 Å². The van der Waals surface area contributed by atoms with E-state index in [1.165, 1.54) is 17.7 Å². The molecule has 6 nitrogen and oxygen atoms in total. The fraction of sp³-hybridized carbons (Fsp3) is 0.350. The number of pyridine rings is 1. The first-order chi connectivity index (χ1) is 13.2. The summed E-state index contributed by atoms with van der Waals surface area (Å²) in [7, 11) is 0. The van der Waals surface area contributed by atoms with Crippen molar-refractivity contribution in [3.8, 4) is 0 Å². The van der Waals surface area contributed by atoms with E-state index in [4.69, 9.17) is 0 Å². The van der Waals surface area contributed by atoms with Crippen molar-refractivity contribution >= 4 is 16.9 Å². The molecule has 1 saturated heterocycles. The standard InChI is InChI=1S/C20H22FN5O/c21-16-3-4-17-18(12-16)24-19(23-17)5-6-20(27)26-10-8-25(9-11-26)14-15-2-1-7-22-13-15/h1-4,7,12-13H,5-6,8-11,14H2,(H,23,24). The zero-order chi connectivity index (χ0) is 18.6. The van der Waals surface area contributed by atoms with E-state index in [0.29, 0.717) is 18.4 Å². The van der Waals surface area contributed by atoms with Gasteiger partial charge < -0.3 is 9.88 Å². The molecule has 1 aliphatic heterocycles. The molecule has 0 atom stereocenters. The second kappa shape index (κ2) is 7.84. The number of aromatic nitrogens is 3. The number of carbonyl (C=O) groups excluding carboxylic acids is 1. The van der Waals surface area contributed by atoms with E-state index in [0.717, 1.165) is 44.1 Å². The Morgan fingerprint density at radius 1 is 1.19 bits per heavy atom. The highest BCUT2D eigenvalue weighted by atomic mass is 19.1. The lowest BCUT2D eigenvalue weighted by atomic mass is 10.2. The maximum absolute atomic E-state index is 13.3. The summed E-state index contributed by atoms with van der Waals surface area (Å²) in [5.74, 6) is 0.569. The fourth-order valence-corrected chi connectivity index (χ4v) is 3.44. The number of H-pyrrole nitrogens is 1. The molecule has 0 unspecified atom stereocenters. The molecular weight excluding hydrogens is 345 g/mol. The number of hydrogen-bond acceptors (Lipinski definition) is 4. The van der Waals surface area contributed by atoms with E-state index in [2.05, 4.69) is 25.9 Å². The third-order valence-electron chi connectivity index (χ3n) is 4.92. The molecule has 1 N–H and O–H groups in total. The number of hydrogen-bond donors (Lipinski definition) is 1. The van der Waals surface area contributed by atoms with Gasteiger partial charge in [0.1, 0.15) is 11.6 Å². The van der Waals surface area contributed by atoms with Crippen LogP contribution in [0.25, 0.3) is 11.0 Å². The highest BCUT2D eigenvalue weighted by Crippen LogP contribution is 2.15. The van der Waals surface area contributed by atoms with Crippen molar-refractivity contribution in [3.63, 3.8) is 0 Å². The molecular formula is C20H22FN5O. The molecule has 0 radical (unpaired) electrons. The van der Waals surface area contributed by atoms with Gasteiger partial charge in [-0.25, -0.2) is 9.37 Å². The number of amides is 1. The van der Waals surface area contributed by atoms with Crippen molar-refractivity contribution in [2.24, 2.45) is 0 Å². The van der Waals surface area contributed by atoms with E-state index in [1.54, 1.807) is 12.3 Å². The van der Waals surface area contributed by atoms with Crippen LogP contribution in [-0.2, 0) is 17.8 Å². The minimum atomic E-state index is -0.294. The van der Waals surface area contributed by atoms with Crippen molar-refractivity contribution in [2.75, 3.05) is 26.2 Å². The highest BCUT2D eigenvalue weighted by Gasteiger charge is 2.21. The average Bonchev–Trinajstić information content (AvgIpc) is 3.09. The van der Waals surface area contributed by atoms with E-state index < -0.39 is 0 Å². The number of benzene rings is 1. The van der Waals surface area contributed by atoms with Gasteiger partial charge in [-0.2, -0.15) is 0 Å². The Morgan fingerprint density at radius 2 is 2.04 bits per heavy atom. The van der Waals surface area contributed by atoms with Crippen molar-refractivity contribution in [1.29, 1.82) is 0 Å². The molecule has 27 heavy (non-hydrogen) atoms. The summed E-state index contributed by atoms with van der Waals surface area (Å²) in [5.41, 5.74) is 2.59. The van der Waals surface area contributed by atoms with Crippen LogP contribution in [0.1, 0.15) is 17.8 Å². The van der Waals surface area contributed by atoms with Gasteiger partial charge in [0, 0.05) is 58.0 Å². The molecule has 140 valence electrons. The Kier molecular flexibility index (Phi) is 5.11. The number of imidazole rings is 1. The van der Waals surface area contributed by atoms with Crippen LogP contribution >= 0.6 is 0 Å². The third kappa shape index (κ3) is 4.31. The van der Waals surface area contributed by atoms with Crippen LogP contribution in [0.4, 0.5) is 4.39 Å². The van der Waals surface area contributed by atoms with Crippen LogP contribution in [0.15, 0.2) is 42.7 Å². The van der Waals surface area contributed by atoms with Crippen molar-refractivity contribution in [1.82, 2.24) is 24.8 Å². The summed E-state index contributed by atoms with van der Waals surface area (Å²) in [6, 6.07) is 8.48. The average molecular weight is 367 g/mol. The largest absolute Gasteiger partial charge is 0.342 e. The monoisotopic (exact) mass is 367 g/mol. The number of rotatable bonds is 5. The zero-order valence-corrected chi connectivity index (χ0v) is 15.1. The Bertz CT molecular complexity index is 919. The van der Waals surface area contributed by atoms with Gasteiger partial charge in [0.15, 0.2) is 0 Å². The number of aryl methyl sites for hydroxylation is 1. The second-order valence-corrected chi connectivity index (χ2v) is 6.86. The number of nitrogens with zero attached hydrogens (tertiary/aromatic N) is 4. The predicted molar refractivity (Wildman–Crippen MR) is 100 cm³/mol. The molecule has 1 aliphatic rings. The summed E-state index contributed by atoms with van der Waals surface area (Å²) < 4.78 is 13.3. The third-order valence-corrected chi connectivity index (χ3v) is 4.92. The van der Waals surface area contributed by atoms with Crippen LogP contribution < -0.4 is 0 Å². The molecule has 1 aromatic carbocycles. The summed E-state index contributed by atoms with van der Waals surface area (Å²) in [4.78, 5) is 28.4. The molecule has 7 heteroatoms. The van der Waals surface area contributed by atoms with Crippen LogP contribution in [-0.4, -0.2) is 56.8 Å². The lowest BCUT2D eigenvalue weighted by Crippen LogP contribution is -2.48. The molecule has 1 amide bonds. The topological polar surface area (TPSA) is 65.1 Å².